The number of hydrogen-bond acceptors (Lipinski definition) is 3. The van der Waals surface area contributed by atoms with Gasteiger partial charge in [-0.25, -0.2) is 4.79 Å². The number of rotatable bonds is 2. The van der Waals surface area contributed by atoms with E-state index in [9.17, 15) is 14.0 Å². The van der Waals surface area contributed by atoms with E-state index in [2.05, 4.69) is 9.72 Å². The van der Waals surface area contributed by atoms with Gasteiger partial charge in [0, 0.05) is 6.20 Å². The Bertz CT molecular complexity index is 372. The number of carbonyl (C=O) groups is 1. The quantitative estimate of drug-likeness (QED) is 0.689. The van der Waals surface area contributed by atoms with Crippen LogP contribution in [0.15, 0.2) is 17.1 Å². The van der Waals surface area contributed by atoms with Crippen molar-refractivity contribution in [1.29, 1.82) is 0 Å². The maximum Gasteiger partial charge on any atom is 0.341 e. The van der Waals surface area contributed by atoms with Gasteiger partial charge >= 0.3 is 5.97 Å². The molecule has 0 aliphatic rings. The van der Waals surface area contributed by atoms with Crippen LogP contribution in [-0.2, 0) is 4.74 Å². The van der Waals surface area contributed by atoms with Gasteiger partial charge in [-0.1, -0.05) is 0 Å². The number of hydrogen-bond donors (Lipinski definition) is 1. The molecule has 0 atom stereocenters. The van der Waals surface area contributed by atoms with Gasteiger partial charge in [-0.05, 0) is 13.0 Å². The number of esters is 1. The zero-order chi connectivity index (χ0) is 9.84. The summed E-state index contributed by atoms with van der Waals surface area (Å²) >= 11 is 0. The summed E-state index contributed by atoms with van der Waals surface area (Å²) in [6.45, 7) is 1.74. The van der Waals surface area contributed by atoms with Crippen molar-refractivity contribution >= 4 is 5.97 Å². The summed E-state index contributed by atoms with van der Waals surface area (Å²) in [5, 5.41) is 0. The summed E-state index contributed by atoms with van der Waals surface area (Å²) in [6.07, 6.45) is 1.19. The highest BCUT2D eigenvalue weighted by Crippen LogP contribution is 2.02. The molecule has 0 unspecified atom stereocenters. The Balaban J connectivity index is 3.08. The van der Waals surface area contributed by atoms with Crippen LogP contribution < -0.4 is 5.56 Å². The largest absolute Gasteiger partial charge is 0.462 e. The molecule has 0 fully saturated rings. The molecule has 1 heterocycles. The molecule has 1 aromatic rings. The number of aromatic nitrogens is 1. The van der Waals surface area contributed by atoms with Crippen LogP contribution in [0.5, 0.6) is 0 Å². The monoisotopic (exact) mass is 185 g/mol. The van der Waals surface area contributed by atoms with Crippen LogP contribution in [0, 0.1) is 5.82 Å². The van der Waals surface area contributed by atoms with E-state index in [1.165, 1.54) is 6.20 Å². The molecule has 0 spiro atoms. The Kier molecular flexibility index (Phi) is 2.79. The first kappa shape index (κ1) is 9.44. The Morgan fingerprint density at radius 1 is 1.69 bits per heavy atom. The van der Waals surface area contributed by atoms with Gasteiger partial charge in [-0.15, -0.1) is 0 Å². The van der Waals surface area contributed by atoms with E-state index < -0.39 is 17.3 Å². The predicted molar refractivity (Wildman–Crippen MR) is 43.0 cm³/mol. The minimum Gasteiger partial charge on any atom is -0.462 e. The summed E-state index contributed by atoms with van der Waals surface area (Å²) < 4.78 is 17.5. The number of nitrogens with one attached hydrogen (secondary N) is 1. The lowest BCUT2D eigenvalue weighted by molar-refractivity contribution is 0.0520. The van der Waals surface area contributed by atoms with Gasteiger partial charge in [-0.2, -0.15) is 4.39 Å². The highest BCUT2D eigenvalue weighted by Gasteiger charge is 2.14. The minimum absolute atomic E-state index is 0.144. The lowest BCUT2D eigenvalue weighted by Crippen LogP contribution is -2.17. The highest BCUT2D eigenvalue weighted by molar-refractivity contribution is 5.89. The number of aromatic amines is 1. The molecule has 0 aromatic carbocycles. The molecule has 0 aliphatic carbocycles. The van der Waals surface area contributed by atoms with Crippen LogP contribution in [0.1, 0.15) is 17.3 Å². The van der Waals surface area contributed by atoms with Gasteiger partial charge in [0.2, 0.25) is 5.82 Å². The lowest BCUT2D eigenvalue weighted by atomic mass is 10.2. The van der Waals surface area contributed by atoms with Crippen molar-refractivity contribution in [2.24, 2.45) is 0 Å². The first-order valence-electron chi connectivity index (χ1n) is 3.71. The molecule has 13 heavy (non-hydrogen) atoms. The summed E-state index contributed by atoms with van der Waals surface area (Å²) in [4.78, 5) is 23.8. The SMILES string of the molecule is CCOC(=O)c1cc[nH]c(=O)c1F. The van der Waals surface area contributed by atoms with Gasteiger partial charge < -0.3 is 9.72 Å². The average molecular weight is 185 g/mol. The van der Waals surface area contributed by atoms with Crippen LogP contribution in [0.2, 0.25) is 0 Å². The number of halogens is 1. The van der Waals surface area contributed by atoms with Crippen LogP contribution in [-0.4, -0.2) is 17.6 Å². The third-order valence-electron chi connectivity index (χ3n) is 1.40. The molecule has 0 saturated heterocycles. The van der Waals surface area contributed by atoms with Gasteiger partial charge in [0.15, 0.2) is 0 Å². The van der Waals surface area contributed by atoms with Gasteiger partial charge in [0.05, 0.1) is 6.61 Å². The summed E-state index contributed by atoms with van der Waals surface area (Å²) in [7, 11) is 0. The average Bonchev–Trinajstić information content (AvgIpc) is 2.10. The minimum atomic E-state index is -1.11. The first-order chi connectivity index (χ1) is 6.16. The Morgan fingerprint density at radius 3 is 3.00 bits per heavy atom. The van der Waals surface area contributed by atoms with Gasteiger partial charge in [0.25, 0.3) is 5.56 Å². The van der Waals surface area contributed by atoms with Crippen molar-refractivity contribution < 1.29 is 13.9 Å². The van der Waals surface area contributed by atoms with Crippen molar-refractivity contribution in [3.8, 4) is 0 Å². The van der Waals surface area contributed by atoms with E-state index >= 15 is 0 Å². The number of pyridine rings is 1. The second kappa shape index (κ2) is 3.84. The van der Waals surface area contributed by atoms with Crippen molar-refractivity contribution in [3.63, 3.8) is 0 Å². The summed E-state index contributed by atoms with van der Waals surface area (Å²) in [5.41, 5.74) is -1.27. The maximum atomic E-state index is 12.9. The third-order valence-corrected chi connectivity index (χ3v) is 1.40. The molecule has 1 aromatic heterocycles. The zero-order valence-electron chi connectivity index (χ0n) is 6.96. The van der Waals surface area contributed by atoms with E-state index in [0.29, 0.717) is 0 Å². The second-order valence-corrected chi connectivity index (χ2v) is 2.25. The molecule has 0 amide bonds. The summed E-state index contributed by atoms with van der Waals surface area (Å²) in [5.74, 6) is -1.94. The molecule has 0 aliphatic heterocycles. The van der Waals surface area contributed by atoms with Gasteiger partial charge in [-0.3, -0.25) is 4.79 Å². The van der Waals surface area contributed by atoms with Crippen LogP contribution >= 0.6 is 0 Å². The molecule has 1 N–H and O–H groups in total. The second-order valence-electron chi connectivity index (χ2n) is 2.25. The van der Waals surface area contributed by atoms with Crippen molar-refractivity contribution in [2.75, 3.05) is 6.61 Å². The number of H-pyrrole nitrogens is 1. The predicted octanol–water partition coefficient (Wildman–Crippen LogP) is 0.691. The smallest absolute Gasteiger partial charge is 0.341 e. The number of carbonyl (C=O) groups excluding carboxylic acids is 1. The third kappa shape index (κ3) is 1.93. The fourth-order valence-corrected chi connectivity index (χ4v) is 0.826. The van der Waals surface area contributed by atoms with Crippen molar-refractivity contribution in [3.05, 3.63) is 34.0 Å². The standard InChI is InChI=1S/C8H8FNO3/c1-2-13-8(12)5-3-4-10-7(11)6(5)9/h3-4H,2H2,1H3,(H,10,11). The maximum absolute atomic E-state index is 12.9. The Labute approximate surface area is 73.3 Å². The fraction of sp³-hybridized carbons (Fsp3) is 0.250. The molecule has 0 bridgehead atoms. The molecule has 1 rings (SSSR count). The Hall–Kier alpha value is -1.65. The topological polar surface area (TPSA) is 59.2 Å². The van der Waals surface area contributed by atoms with Crippen LogP contribution in [0.25, 0.3) is 0 Å². The molecule has 0 radical (unpaired) electrons. The van der Waals surface area contributed by atoms with Gasteiger partial charge in [0.1, 0.15) is 5.56 Å². The normalized spacial score (nSPS) is 9.69. The molecule has 70 valence electrons. The van der Waals surface area contributed by atoms with E-state index in [4.69, 9.17) is 0 Å². The molecule has 0 saturated carbocycles. The number of ether oxygens (including phenoxy) is 1. The van der Waals surface area contributed by atoms with Crippen LogP contribution in [0.4, 0.5) is 4.39 Å². The lowest BCUT2D eigenvalue weighted by Gasteiger charge is -2.00. The Morgan fingerprint density at radius 2 is 2.38 bits per heavy atom. The van der Waals surface area contributed by atoms with E-state index in [-0.39, 0.29) is 12.2 Å². The molecule has 5 heteroatoms. The fourth-order valence-electron chi connectivity index (χ4n) is 0.826. The van der Waals surface area contributed by atoms with Crippen LogP contribution in [0.3, 0.4) is 0 Å². The van der Waals surface area contributed by atoms with E-state index in [0.717, 1.165) is 6.07 Å². The summed E-state index contributed by atoms with van der Waals surface area (Å²) in [6, 6.07) is 1.16. The molecular weight excluding hydrogens is 177 g/mol. The molecular formula is C8H8FNO3. The molecule has 4 nitrogen and oxygen atoms in total. The van der Waals surface area contributed by atoms with Crippen molar-refractivity contribution in [1.82, 2.24) is 4.98 Å². The van der Waals surface area contributed by atoms with Crippen molar-refractivity contribution in [2.45, 2.75) is 6.92 Å². The first-order valence-corrected chi connectivity index (χ1v) is 3.71. The highest BCUT2D eigenvalue weighted by atomic mass is 19.1. The van der Waals surface area contributed by atoms with E-state index in [1.807, 2.05) is 0 Å². The zero-order valence-corrected chi connectivity index (χ0v) is 6.96. The van der Waals surface area contributed by atoms with E-state index in [1.54, 1.807) is 6.92 Å².